The van der Waals surface area contributed by atoms with Crippen LogP contribution in [0.15, 0.2) is 29.3 Å². The quantitative estimate of drug-likeness (QED) is 0.499. The molecule has 0 atom stereocenters. The number of aliphatic imine (C=N–C) groups is 1. The molecule has 0 aliphatic heterocycles. The largest absolute Gasteiger partial charge is 0.490 e. The lowest BCUT2D eigenvalue weighted by atomic mass is 10.2. The van der Waals surface area contributed by atoms with Crippen molar-refractivity contribution in [3.05, 3.63) is 29.3 Å². The zero-order valence-corrected chi connectivity index (χ0v) is 12.6. The van der Waals surface area contributed by atoms with Crippen LogP contribution in [-0.2, 0) is 0 Å². The van der Waals surface area contributed by atoms with Gasteiger partial charge in [-0.05, 0) is 25.0 Å². The van der Waals surface area contributed by atoms with E-state index in [-0.39, 0.29) is 0 Å². The van der Waals surface area contributed by atoms with Crippen molar-refractivity contribution in [1.29, 1.82) is 0 Å². The van der Waals surface area contributed by atoms with Crippen molar-refractivity contribution < 1.29 is 4.74 Å². The Bertz CT molecular complexity index is 444. The molecule has 1 aliphatic rings. The summed E-state index contributed by atoms with van der Waals surface area (Å²) >= 11 is 6.02. The average molecular weight is 296 g/mol. The van der Waals surface area contributed by atoms with Crippen molar-refractivity contribution in [2.45, 2.75) is 31.7 Å². The second-order valence-electron chi connectivity index (χ2n) is 4.90. The Balaban J connectivity index is 1.67. The fraction of sp³-hybridized carbons (Fsp3) is 0.533. The molecule has 1 aromatic rings. The van der Waals surface area contributed by atoms with E-state index in [1.54, 1.807) is 7.05 Å². The molecule has 1 aromatic carbocycles. The Morgan fingerprint density at radius 2 is 2.10 bits per heavy atom. The predicted molar refractivity (Wildman–Crippen MR) is 83.7 cm³/mol. The first-order valence-electron chi connectivity index (χ1n) is 7.14. The molecule has 0 aromatic heterocycles. The van der Waals surface area contributed by atoms with Gasteiger partial charge in [-0.2, -0.15) is 0 Å². The van der Waals surface area contributed by atoms with Crippen LogP contribution in [0.4, 0.5) is 0 Å². The van der Waals surface area contributed by atoms with E-state index >= 15 is 0 Å². The Morgan fingerprint density at radius 3 is 2.80 bits per heavy atom. The van der Waals surface area contributed by atoms with Crippen LogP contribution in [0.3, 0.4) is 0 Å². The summed E-state index contributed by atoms with van der Waals surface area (Å²) in [5.74, 6) is 1.56. The van der Waals surface area contributed by atoms with Crippen LogP contribution in [0, 0.1) is 0 Å². The minimum Gasteiger partial charge on any atom is -0.490 e. The fourth-order valence-corrected chi connectivity index (χ4v) is 2.54. The second kappa shape index (κ2) is 8.00. The number of ether oxygens (including phenoxy) is 1. The first-order chi connectivity index (χ1) is 9.79. The summed E-state index contributed by atoms with van der Waals surface area (Å²) in [6.07, 6.45) is 5.09. The number of rotatable bonds is 5. The molecule has 2 rings (SSSR count). The van der Waals surface area contributed by atoms with Crippen molar-refractivity contribution in [3.63, 3.8) is 0 Å². The second-order valence-corrected chi connectivity index (χ2v) is 5.31. The summed E-state index contributed by atoms with van der Waals surface area (Å²) in [5.41, 5.74) is 0. The highest BCUT2D eigenvalue weighted by Gasteiger charge is 2.15. The number of guanidine groups is 1. The van der Waals surface area contributed by atoms with Crippen LogP contribution in [0.1, 0.15) is 25.7 Å². The van der Waals surface area contributed by atoms with Crippen LogP contribution >= 0.6 is 11.6 Å². The smallest absolute Gasteiger partial charge is 0.191 e. The molecule has 0 spiro atoms. The summed E-state index contributed by atoms with van der Waals surface area (Å²) in [5, 5.41) is 7.33. The molecule has 1 fully saturated rings. The van der Waals surface area contributed by atoms with Gasteiger partial charge in [-0.1, -0.05) is 36.6 Å². The summed E-state index contributed by atoms with van der Waals surface area (Å²) in [7, 11) is 1.79. The maximum absolute atomic E-state index is 6.02. The number of nitrogens with one attached hydrogen (secondary N) is 2. The number of hydrogen-bond acceptors (Lipinski definition) is 2. The van der Waals surface area contributed by atoms with E-state index in [0.717, 1.165) is 11.7 Å². The molecule has 1 aliphatic carbocycles. The zero-order valence-electron chi connectivity index (χ0n) is 11.9. The van der Waals surface area contributed by atoms with Gasteiger partial charge < -0.3 is 15.4 Å². The third-order valence-electron chi connectivity index (χ3n) is 3.41. The highest BCUT2D eigenvalue weighted by molar-refractivity contribution is 6.32. The molecule has 5 heteroatoms. The molecule has 0 heterocycles. The Hall–Kier alpha value is -1.42. The predicted octanol–water partition coefficient (Wildman–Crippen LogP) is 2.83. The van der Waals surface area contributed by atoms with Gasteiger partial charge in [-0.25, -0.2) is 0 Å². The van der Waals surface area contributed by atoms with Crippen LogP contribution in [0.25, 0.3) is 0 Å². The van der Waals surface area contributed by atoms with Gasteiger partial charge in [0.25, 0.3) is 0 Å². The Morgan fingerprint density at radius 1 is 1.35 bits per heavy atom. The van der Waals surface area contributed by atoms with Gasteiger partial charge in [-0.3, -0.25) is 4.99 Å². The third kappa shape index (κ3) is 4.60. The molecule has 2 N–H and O–H groups in total. The molecular weight excluding hydrogens is 274 g/mol. The summed E-state index contributed by atoms with van der Waals surface area (Å²) in [6, 6.07) is 8.06. The zero-order chi connectivity index (χ0) is 14.2. The van der Waals surface area contributed by atoms with Gasteiger partial charge in [0.1, 0.15) is 12.4 Å². The van der Waals surface area contributed by atoms with Crippen LogP contribution in [0.5, 0.6) is 5.75 Å². The molecular formula is C15H22ClN3O. The topological polar surface area (TPSA) is 45.7 Å². The van der Waals surface area contributed by atoms with Gasteiger partial charge in [0.15, 0.2) is 5.96 Å². The van der Waals surface area contributed by atoms with Crippen molar-refractivity contribution in [3.8, 4) is 5.75 Å². The molecule has 20 heavy (non-hydrogen) atoms. The maximum Gasteiger partial charge on any atom is 0.191 e. The fourth-order valence-electron chi connectivity index (χ4n) is 2.35. The van der Waals surface area contributed by atoms with Crippen LogP contribution in [-0.4, -0.2) is 32.2 Å². The van der Waals surface area contributed by atoms with E-state index in [0.29, 0.717) is 24.2 Å². The monoisotopic (exact) mass is 295 g/mol. The Labute approximate surface area is 125 Å². The SMILES string of the molecule is CN=C(NCCOc1ccccc1Cl)NC1CCCC1. The van der Waals surface area contributed by atoms with Gasteiger partial charge in [0.05, 0.1) is 11.6 Å². The van der Waals surface area contributed by atoms with E-state index in [9.17, 15) is 0 Å². The number of hydrogen-bond donors (Lipinski definition) is 2. The first-order valence-corrected chi connectivity index (χ1v) is 7.52. The number of para-hydroxylation sites is 1. The molecule has 0 radical (unpaired) electrons. The Kier molecular flexibility index (Phi) is 5.99. The molecule has 110 valence electrons. The van der Waals surface area contributed by atoms with E-state index in [2.05, 4.69) is 15.6 Å². The highest BCUT2D eigenvalue weighted by Crippen LogP contribution is 2.22. The molecule has 4 nitrogen and oxygen atoms in total. The minimum atomic E-state index is 0.551. The van der Waals surface area contributed by atoms with Crippen molar-refractivity contribution in [2.24, 2.45) is 4.99 Å². The number of benzene rings is 1. The molecule has 0 amide bonds. The highest BCUT2D eigenvalue weighted by atomic mass is 35.5. The molecule has 0 saturated heterocycles. The summed E-state index contributed by atoms with van der Waals surface area (Å²) < 4.78 is 5.62. The van der Waals surface area contributed by atoms with Crippen LogP contribution < -0.4 is 15.4 Å². The lowest BCUT2D eigenvalue weighted by Gasteiger charge is -2.17. The minimum absolute atomic E-state index is 0.551. The first kappa shape index (κ1) is 15.0. The molecule has 0 bridgehead atoms. The van der Waals surface area contributed by atoms with E-state index < -0.39 is 0 Å². The number of nitrogens with zero attached hydrogens (tertiary/aromatic N) is 1. The third-order valence-corrected chi connectivity index (χ3v) is 3.72. The van der Waals surface area contributed by atoms with Gasteiger partial charge in [-0.15, -0.1) is 0 Å². The van der Waals surface area contributed by atoms with E-state index in [1.807, 2.05) is 24.3 Å². The maximum atomic E-state index is 6.02. The van der Waals surface area contributed by atoms with Gasteiger partial charge >= 0.3 is 0 Å². The standard InChI is InChI=1S/C15H22ClN3O/c1-17-15(19-12-6-2-3-7-12)18-10-11-20-14-9-5-4-8-13(14)16/h4-5,8-9,12H,2-3,6-7,10-11H2,1H3,(H2,17,18,19). The lowest BCUT2D eigenvalue weighted by Crippen LogP contribution is -2.43. The van der Waals surface area contributed by atoms with Crippen LogP contribution in [0.2, 0.25) is 5.02 Å². The normalized spacial score (nSPS) is 16.2. The summed E-state index contributed by atoms with van der Waals surface area (Å²) in [4.78, 5) is 4.23. The average Bonchev–Trinajstić information content (AvgIpc) is 2.97. The number of halogens is 1. The van der Waals surface area contributed by atoms with Crippen molar-refractivity contribution >= 4 is 17.6 Å². The lowest BCUT2D eigenvalue weighted by molar-refractivity contribution is 0.322. The van der Waals surface area contributed by atoms with Gasteiger partial charge in [0, 0.05) is 13.1 Å². The molecule has 0 unspecified atom stereocenters. The van der Waals surface area contributed by atoms with E-state index in [1.165, 1.54) is 25.7 Å². The van der Waals surface area contributed by atoms with Crippen molar-refractivity contribution in [1.82, 2.24) is 10.6 Å². The van der Waals surface area contributed by atoms with Crippen molar-refractivity contribution in [2.75, 3.05) is 20.2 Å². The van der Waals surface area contributed by atoms with Gasteiger partial charge in [0.2, 0.25) is 0 Å². The molecule has 1 saturated carbocycles. The summed E-state index contributed by atoms with van der Waals surface area (Å²) in [6.45, 7) is 1.24. The van der Waals surface area contributed by atoms with E-state index in [4.69, 9.17) is 16.3 Å².